The molecule has 3 unspecified atom stereocenters. The van der Waals surface area contributed by atoms with Gasteiger partial charge in [-0.25, -0.2) is 0 Å². The van der Waals surface area contributed by atoms with Crippen molar-refractivity contribution in [3.8, 4) is 0 Å². The summed E-state index contributed by atoms with van der Waals surface area (Å²) in [4.78, 5) is 4.17. The molecule has 0 saturated heterocycles. The number of pyridine rings is 1. The third-order valence-electron chi connectivity index (χ3n) is 4.62. The lowest BCUT2D eigenvalue weighted by Gasteiger charge is -2.45. The maximum atomic E-state index is 6.20. The number of nitrogens with two attached hydrogens (primary N) is 2. The molecule has 1 fully saturated rings. The van der Waals surface area contributed by atoms with Gasteiger partial charge in [0.15, 0.2) is 0 Å². The van der Waals surface area contributed by atoms with Gasteiger partial charge in [-0.1, -0.05) is 19.8 Å². The minimum absolute atomic E-state index is 0.0479. The van der Waals surface area contributed by atoms with Gasteiger partial charge in [-0.05, 0) is 43.7 Å². The quantitative estimate of drug-likeness (QED) is 0.551. The number of ether oxygens (including phenoxy) is 1. The van der Waals surface area contributed by atoms with Gasteiger partial charge in [-0.3, -0.25) is 16.3 Å². The highest BCUT2D eigenvalue weighted by Crippen LogP contribution is 2.38. The van der Waals surface area contributed by atoms with Crippen molar-refractivity contribution in [1.82, 2.24) is 10.4 Å². The molecular weight excluding hydrogens is 264 g/mol. The minimum Gasteiger partial charge on any atom is -0.398 e. The first-order valence-corrected chi connectivity index (χ1v) is 7.89. The van der Waals surface area contributed by atoms with Crippen molar-refractivity contribution in [3.05, 3.63) is 24.0 Å². The van der Waals surface area contributed by atoms with Gasteiger partial charge in [-0.2, -0.15) is 0 Å². The Morgan fingerprint density at radius 1 is 1.57 bits per heavy atom. The number of hydrogen-bond donors (Lipinski definition) is 3. The smallest absolute Gasteiger partial charge is 0.0853 e. The first-order chi connectivity index (χ1) is 10.1. The number of nitrogen functional groups attached to an aromatic ring is 1. The van der Waals surface area contributed by atoms with Gasteiger partial charge in [-0.15, -0.1) is 0 Å². The van der Waals surface area contributed by atoms with Crippen LogP contribution in [0.4, 0.5) is 5.69 Å². The molecule has 1 saturated carbocycles. The molecule has 0 aliphatic heterocycles. The summed E-state index contributed by atoms with van der Waals surface area (Å²) in [7, 11) is 0. The Balaban J connectivity index is 2.21. The molecular formula is C16H28N4O. The molecule has 1 aliphatic carbocycles. The number of hydrogen-bond acceptors (Lipinski definition) is 5. The largest absolute Gasteiger partial charge is 0.398 e. The van der Waals surface area contributed by atoms with Gasteiger partial charge in [0.25, 0.3) is 0 Å². The summed E-state index contributed by atoms with van der Waals surface area (Å²) in [5.41, 5.74) is 10.6. The topological polar surface area (TPSA) is 86.2 Å². The van der Waals surface area contributed by atoms with Crippen molar-refractivity contribution in [3.63, 3.8) is 0 Å². The lowest BCUT2D eigenvalue weighted by molar-refractivity contribution is -0.100. The van der Waals surface area contributed by atoms with Crippen molar-refractivity contribution in [2.24, 2.45) is 11.8 Å². The summed E-state index contributed by atoms with van der Waals surface area (Å²) >= 11 is 0. The first kappa shape index (κ1) is 16.2. The van der Waals surface area contributed by atoms with Gasteiger partial charge in [0.1, 0.15) is 0 Å². The van der Waals surface area contributed by atoms with Crippen LogP contribution in [-0.4, -0.2) is 23.2 Å². The van der Waals surface area contributed by atoms with E-state index in [0.717, 1.165) is 30.5 Å². The van der Waals surface area contributed by atoms with Crippen molar-refractivity contribution < 1.29 is 4.74 Å². The van der Waals surface area contributed by atoms with Crippen molar-refractivity contribution >= 4 is 5.69 Å². The molecule has 5 heteroatoms. The number of anilines is 1. The van der Waals surface area contributed by atoms with E-state index >= 15 is 0 Å². The lowest BCUT2D eigenvalue weighted by Crippen LogP contribution is -2.58. The molecule has 1 aromatic rings. The highest BCUT2D eigenvalue weighted by molar-refractivity contribution is 5.44. The van der Waals surface area contributed by atoms with E-state index in [0.29, 0.717) is 12.5 Å². The van der Waals surface area contributed by atoms with Crippen LogP contribution in [0.3, 0.4) is 0 Å². The standard InChI is InChI=1S/C16H28N4O/c1-3-21-16(7-4-5-12(2)10-16)15(20-18)9-13-11-19-8-6-14(13)17/h6,8,11-12,15,20H,3-5,7,9-10,18H2,1-2H3,(H2,17,19). The molecule has 21 heavy (non-hydrogen) atoms. The Labute approximate surface area is 127 Å². The first-order valence-electron chi connectivity index (χ1n) is 7.89. The maximum absolute atomic E-state index is 6.20. The average molecular weight is 292 g/mol. The second kappa shape index (κ2) is 7.20. The van der Waals surface area contributed by atoms with E-state index in [4.69, 9.17) is 16.3 Å². The highest BCUT2D eigenvalue weighted by Gasteiger charge is 2.42. The zero-order chi connectivity index (χ0) is 15.3. The van der Waals surface area contributed by atoms with Gasteiger partial charge in [0, 0.05) is 24.7 Å². The van der Waals surface area contributed by atoms with Gasteiger partial charge in [0.05, 0.1) is 11.6 Å². The molecule has 0 amide bonds. The van der Waals surface area contributed by atoms with Crippen LogP contribution in [-0.2, 0) is 11.2 Å². The Morgan fingerprint density at radius 2 is 2.38 bits per heavy atom. The third-order valence-corrected chi connectivity index (χ3v) is 4.62. The monoisotopic (exact) mass is 292 g/mol. The summed E-state index contributed by atoms with van der Waals surface area (Å²) in [5, 5.41) is 0. The number of rotatable bonds is 6. The molecule has 5 nitrogen and oxygen atoms in total. The van der Waals surface area contributed by atoms with E-state index in [1.54, 1.807) is 6.20 Å². The Kier molecular flexibility index (Phi) is 5.56. The number of nitrogens with zero attached hydrogens (tertiary/aromatic N) is 1. The molecule has 0 aromatic carbocycles. The van der Waals surface area contributed by atoms with E-state index in [9.17, 15) is 0 Å². The molecule has 1 heterocycles. The van der Waals surface area contributed by atoms with Crippen LogP contribution in [0.15, 0.2) is 18.5 Å². The van der Waals surface area contributed by atoms with E-state index in [-0.39, 0.29) is 11.6 Å². The molecule has 1 aliphatic rings. The summed E-state index contributed by atoms with van der Waals surface area (Å²) in [6.45, 7) is 5.04. The molecule has 1 aromatic heterocycles. The van der Waals surface area contributed by atoms with E-state index in [1.165, 1.54) is 12.8 Å². The number of nitrogens with one attached hydrogen (secondary N) is 1. The molecule has 0 radical (unpaired) electrons. The van der Waals surface area contributed by atoms with Gasteiger partial charge in [0.2, 0.25) is 0 Å². The number of aromatic nitrogens is 1. The predicted octanol–water partition coefficient (Wildman–Crippen LogP) is 2.02. The third kappa shape index (κ3) is 3.73. The molecule has 118 valence electrons. The summed E-state index contributed by atoms with van der Waals surface area (Å²) in [5.74, 6) is 6.53. The van der Waals surface area contributed by atoms with E-state index in [1.807, 2.05) is 19.2 Å². The average Bonchev–Trinajstić information content (AvgIpc) is 2.46. The van der Waals surface area contributed by atoms with Crippen LogP contribution < -0.4 is 17.0 Å². The fourth-order valence-electron chi connectivity index (χ4n) is 3.60. The van der Waals surface area contributed by atoms with Crippen LogP contribution in [0, 0.1) is 5.92 Å². The molecule has 0 spiro atoms. The van der Waals surface area contributed by atoms with Gasteiger partial charge < -0.3 is 10.5 Å². The predicted molar refractivity (Wildman–Crippen MR) is 85.5 cm³/mol. The molecule has 0 bridgehead atoms. The van der Waals surface area contributed by atoms with Crippen molar-refractivity contribution in [1.29, 1.82) is 0 Å². The SMILES string of the molecule is CCOC1(C(Cc2cnccc2N)NN)CCCC(C)C1. The normalized spacial score (nSPS) is 27.5. The highest BCUT2D eigenvalue weighted by atomic mass is 16.5. The second-order valence-corrected chi connectivity index (χ2v) is 6.20. The van der Waals surface area contributed by atoms with Gasteiger partial charge >= 0.3 is 0 Å². The van der Waals surface area contributed by atoms with Crippen molar-refractivity contribution in [2.75, 3.05) is 12.3 Å². The zero-order valence-corrected chi connectivity index (χ0v) is 13.1. The molecule has 2 rings (SSSR count). The van der Waals surface area contributed by atoms with Crippen LogP contribution in [0.1, 0.15) is 45.1 Å². The lowest BCUT2D eigenvalue weighted by atomic mass is 9.73. The van der Waals surface area contributed by atoms with Crippen molar-refractivity contribution in [2.45, 2.75) is 57.6 Å². The van der Waals surface area contributed by atoms with Crippen LogP contribution in [0.2, 0.25) is 0 Å². The fraction of sp³-hybridized carbons (Fsp3) is 0.688. The zero-order valence-electron chi connectivity index (χ0n) is 13.1. The maximum Gasteiger partial charge on any atom is 0.0853 e. The summed E-state index contributed by atoms with van der Waals surface area (Å²) < 4.78 is 6.20. The van der Waals surface area contributed by atoms with Crippen LogP contribution in [0.25, 0.3) is 0 Å². The Hall–Kier alpha value is -1.17. The minimum atomic E-state index is -0.205. The Bertz CT molecular complexity index is 450. The number of hydrazine groups is 1. The van der Waals surface area contributed by atoms with E-state index in [2.05, 4.69) is 17.3 Å². The fourth-order valence-corrected chi connectivity index (χ4v) is 3.60. The Morgan fingerprint density at radius 3 is 3.00 bits per heavy atom. The second-order valence-electron chi connectivity index (χ2n) is 6.20. The summed E-state index contributed by atoms with van der Waals surface area (Å²) in [6.07, 6.45) is 8.80. The van der Waals surface area contributed by atoms with Crippen LogP contribution >= 0.6 is 0 Å². The van der Waals surface area contributed by atoms with E-state index < -0.39 is 0 Å². The molecule has 5 N–H and O–H groups in total. The molecule has 3 atom stereocenters. The summed E-state index contributed by atoms with van der Waals surface area (Å²) in [6, 6.07) is 1.88. The van der Waals surface area contributed by atoms with Crippen LogP contribution in [0.5, 0.6) is 0 Å².